The third kappa shape index (κ3) is 2.32. The van der Waals surface area contributed by atoms with Crippen LogP contribution in [0.15, 0.2) is 36.4 Å². The maximum atomic E-state index is 13.2. The largest absolute Gasteiger partial charge is 0.493 e. The average molecular weight is 367 g/mol. The standard InChI is InChI=1S/C21H21NO5/c1-25-17-10-13-8-9-22-19(23)15-7-5-4-6-14(15)12-21(22,20(24)27-3)16(13)11-18(17)26-2/h4-7,10-11H,8-9,12H2,1-3H3. The van der Waals surface area contributed by atoms with Gasteiger partial charge in [0.1, 0.15) is 0 Å². The number of hydrogen-bond acceptors (Lipinski definition) is 5. The number of hydrogen-bond donors (Lipinski definition) is 0. The van der Waals surface area contributed by atoms with Crippen molar-refractivity contribution in [2.45, 2.75) is 18.4 Å². The van der Waals surface area contributed by atoms with Crippen LogP contribution in [0.5, 0.6) is 11.5 Å². The monoisotopic (exact) mass is 367 g/mol. The summed E-state index contributed by atoms with van der Waals surface area (Å²) >= 11 is 0. The van der Waals surface area contributed by atoms with Gasteiger partial charge < -0.3 is 19.1 Å². The molecule has 6 heteroatoms. The first-order chi connectivity index (χ1) is 13.1. The minimum absolute atomic E-state index is 0.150. The molecule has 2 aromatic carbocycles. The molecule has 2 aromatic rings. The van der Waals surface area contributed by atoms with Gasteiger partial charge in [-0.3, -0.25) is 4.79 Å². The van der Waals surface area contributed by atoms with E-state index >= 15 is 0 Å². The van der Waals surface area contributed by atoms with Crippen LogP contribution in [0, 0.1) is 0 Å². The zero-order valence-corrected chi connectivity index (χ0v) is 15.6. The number of methoxy groups -OCH3 is 3. The van der Waals surface area contributed by atoms with Crippen LogP contribution in [0.1, 0.15) is 27.0 Å². The van der Waals surface area contributed by atoms with Crippen LogP contribution in [-0.2, 0) is 27.9 Å². The number of rotatable bonds is 3. The second kappa shape index (κ2) is 6.30. The highest BCUT2D eigenvalue weighted by molar-refractivity contribution is 6.02. The second-order valence-electron chi connectivity index (χ2n) is 6.76. The molecule has 4 rings (SSSR count). The van der Waals surface area contributed by atoms with Crippen molar-refractivity contribution in [2.24, 2.45) is 0 Å². The molecule has 1 amide bonds. The summed E-state index contributed by atoms with van der Waals surface area (Å²) in [5.41, 5.74) is 1.98. The van der Waals surface area contributed by atoms with Gasteiger partial charge in [0.05, 0.1) is 21.3 Å². The lowest BCUT2D eigenvalue weighted by Crippen LogP contribution is -2.61. The molecule has 27 heavy (non-hydrogen) atoms. The Bertz CT molecular complexity index is 938. The topological polar surface area (TPSA) is 65.1 Å². The summed E-state index contributed by atoms with van der Waals surface area (Å²) in [6, 6.07) is 11.1. The van der Waals surface area contributed by atoms with Gasteiger partial charge in [-0.05, 0) is 41.3 Å². The van der Waals surface area contributed by atoms with Gasteiger partial charge in [-0.1, -0.05) is 18.2 Å². The van der Waals surface area contributed by atoms with Crippen molar-refractivity contribution in [1.29, 1.82) is 0 Å². The first-order valence-corrected chi connectivity index (χ1v) is 8.80. The number of nitrogens with zero attached hydrogens (tertiary/aromatic N) is 1. The number of carbonyl (C=O) groups excluding carboxylic acids is 2. The highest BCUT2D eigenvalue weighted by Gasteiger charge is 2.55. The lowest BCUT2D eigenvalue weighted by Gasteiger charge is -2.49. The third-order valence-electron chi connectivity index (χ3n) is 5.58. The molecule has 0 aliphatic carbocycles. The first-order valence-electron chi connectivity index (χ1n) is 8.80. The molecule has 140 valence electrons. The van der Waals surface area contributed by atoms with Crippen LogP contribution >= 0.6 is 0 Å². The average Bonchev–Trinajstić information content (AvgIpc) is 2.71. The molecular weight excluding hydrogens is 346 g/mol. The van der Waals surface area contributed by atoms with E-state index < -0.39 is 11.5 Å². The Hall–Kier alpha value is -3.02. The van der Waals surface area contributed by atoms with Crippen molar-refractivity contribution in [1.82, 2.24) is 4.90 Å². The Balaban J connectivity index is 2.00. The molecule has 0 aromatic heterocycles. The molecule has 2 heterocycles. The molecule has 2 aliphatic rings. The summed E-state index contributed by atoms with van der Waals surface area (Å²) in [5.74, 6) is 0.529. The van der Waals surface area contributed by atoms with Crippen molar-refractivity contribution in [2.75, 3.05) is 27.9 Å². The lowest BCUT2D eigenvalue weighted by atomic mass is 9.72. The highest BCUT2D eigenvalue weighted by Crippen LogP contribution is 2.47. The number of fused-ring (bicyclic) bond motifs is 4. The molecule has 0 spiro atoms. The first kappa shape index (κ1) is 17.4. The molecule has 6 nitrogen and oxygen atoms in total. The highest BCUT2D eigenvalue weighted by atomic mass is 16.5. The van der Waals surface area contributed by atoms with E-state index in [2.05, 4.69) is 0 Å². The Morgan fingerprint density at radius 2 is 1.74 bits per heavy atom. The zero-order chi connectivity index (χ0) is 19.2. The van der Waals surface area contributed by atoms with Gasteiger partial charge >= 0.3 is 5.97 Å². The molecule has 2 aliphatic heterocycles. The number of amides is 1. The van der Waals surface area contributed by atoms with Crippen LogP contribution in [0.4, 0.5) is 0 Å². The van der Waals surface area contributed by atoms with Crippen LogP contribution < -0.4 is 9.47 Å². The molecule has 0 saturated heterocycles. The van der Waals surface area contributed by atoms with E-state index in [1.54, 1.807) is 25.2 Å². The van der Waals surface area contributed by atoms with Crippen LogP contribution in [0.3, 0.4) is 0 Å². The Kier molecular flexibility index (Phi) is 4.06. The molecule has 1 unspecified atom stereocenters. The maximum Gasteiger partial charge on any atom is 0.336 e. The maximum absolute atomic E-state index is 13.2. The molecule has 1 atom stereocenters. The number of ether oxygens (including phenoxy) is 3. The molecule has 0 N–H and O–H groups in total. The SMILES string of the molecule is COC(=O)C12Cc3ccccc3C(=O)N1CCc1cc(OC)c(OC)cc12. The van der Waals surface area contributed by atoms with E-state index in [9.17, 15) is 9.59 Å². The number of benzene rings is 2. The zero-order valence-electron chi connectivity index (χ0n) is 15.6. The van der Waals surface area contributed by atoms with Crippen LogP contribution in [-0.4, -0.2) is 44.7 Å². The number of carbonyl (C=O) groups is 2. The van der Waals surface area contributed by atoms with Crippen molar-refractivity contribution in [3.63, 3.8) is 0 Å². The van der Waals surface area contributed by atoms with Gasteiger partial charge in [0.25, 0.3) is 5.91 Å². The lowest BCUT2D eigenvalue weighted by molar-refractivity contribution is -0.155. The van der Waals surface area contributed by atoms with E-state index in [1.165, 1.54) is 7.11 Å². The Morgan fingerprint density at radius 1 is 1.04 bits per heavy atom. The fraction of sp³-hybridized carbons (Fsp3) is 0.333. The van der Waals surface area contributed by atoms with Gasteiger partial charge in [-0.25, -0.2) is 4.79 Å². The summed E-state index contributed by atoms with van der Waals surface area (Å²) in [6.07, 6.45) is 0.992. The van der Waals surface area contributed by atoms with E-state index in [1.807, 2.05) is 30.3 Å². The fourth-order valence-corrected chi connectivity index (χ4v) is 4.31. The van der Waals surface area contributed by atoms with E-state index in [4.69, 9.17) is 14.2 Å². The fourth-order valence-electron chi connectivity index (χ4n) is 4.31. The van der Waals surface area contributed by atoms with Gasteiger partial charge in [-0.2, -0.15) is 0 Å². The normalized spacial score (nSPS) is 20.3. The van der Waals surface area contributed by atoms with Crippen molar-refractivity contribution >= 4 is 11.9 Å². The predicted octanol–water partition coefficient (Wildman–Crippen LogP) is 2.33. The second-order valence-corrected chi connectivity index (χ2v) is 6.76. The minimum atomic E-state index is -1.20. The quantitative estimate of drug-likeness (QED) is 0.779. The molecule has 0 radical (unpaired) electrons. The van der Waals surface area contributed by atoms with Crippen molar-refractivity contribution in [3.05, 3.63) is 58.7 Å². The van der Waals surface area contributed by atoms with Crippen LogP contribution in [0.2, 0.25) is 0 Å². The van der Waals surface area contributed by atoms with Gasteiger partial charge in [0.2, 0.25) is 0 Å². The van der Waals surface area contributed by atoms with Gasteiger partial charge in [0, 0.05) is 18.5 Å². The molecule has 0 fully saturated rings. The summed E-state index contributed by atoms with van der Waals surface area (Å²) < 4.78 is 16.1. The molecular formula is C21H21NO5. The van der Waals surface area contributed by atoms with Gasteiger partial charge in [-0.15, -0.1) is 0 Å². The molecule has 0 bridgehead atoms. The molecule has 0 saturated carbocycles. The van der Waals surface area contributed by atoms with E-state index in [0.717, 1.165) is 16.7 Å². The summed E-state index contributed by atoms with van der Waals surface area (Å²) in [4.78, 5) is 28.0. The Morgan fingerprint density at radius 3 is 2.44 bits per heavy atom. The smallest absolute Gasteiger partial charge is 0.336 e. The summed E-state index contributed by atoms with van der Waals surface area (Å²) in [5, 5.41) is 0. The third-order valence-corrected chi connectivity index (χ3v) is 5.58. The predicted molar refractivity (Wildman–Crippen MR) is 98.1 cm³/mol. The summed E-state index contributed by atoms with van der Waals surface area (Å²) in [7, 11) is 4.49. The van der Waals surface area contributed by atoms with Crippen LogP contribution in [0.25, 0.3) is 0 Å². The van der Waals surface area contributed by atoms with E-state index in [-0.39, 0.29) is 5.91 Å². The summed E-state index contributed by atoms with van der Waals surface area (Å²) in [6.45, 7) is 0.435. The van der Waals surface area contributed by atoms with Crippen molar-refractivity contribution in [3.8, 4) is 11.5 Å². The minimum Gasteiger partial charge on any atom is -0.493 e. The van der Waals surface area contributed by atoms with Crippen molar-refractivity contribution < 1.29 is 23.8 Å². The van der Waals surface area contributed by atoms with Gasteiger partial charge in [0.15, 0.2) is 17.0 Å². The number of esters is 1. The Labute approximate surface area is 157 Å². The van der Waals surface area contributed by atoms with E-state index in [0.29, 0.717) is 36.4 Å².